The van der Waals surface area contributed by atoms with Gasteiger partial charge in [0.2, 0.25) is 0 Å². The van der Waals surface area contributed by atoms with E-state index in [0.717, 1.165) is 5.56 Å². The topological polar surface area (TPSA) is 119 Å². The third kappa shape index (κ3) is 3.16. The maximum atomic E-state index is 12.2. The molecule has 0 aliphatic rings. The van der Waals surface area contributed by atoms with E-state index in [4.69, 9.17) is 15.2 Å². The van der Waals surface area contributed by atoms with E-state index in [1.165, 1.54) is 0 Å². The monoisotopic (exact) mass is 354 g/mol. The van der Waals surface area contributed by atoms with Crippen molar-refractivity contribution >= 4 is 22.6 Å². The average Bonchev–Trinajstić information content (AvgIpc) is 2.65. The molecule has 3 rings (SSSR count). The number of H-pyrrole nitrogens is 1. The average molecular weight is 354 g/mol. The molecule has 0 fully saturated rings. The highest BCUT2D eigenvalue weighted by molar-refractivity contribution is 6.05. The van der Waals surface area contributed by atoms with Crippen molar-refractivity contribution in [2.45, 2.75) is 6.54 Å². The van der Waals surface area contributed by atoms with E-state index in [1.807, 2.05) is 6.07 Å². The summed E-state index contributed by atoms with van der Waals surface area (Å²) in [6.45, 7) is 0.306. The number of hydrogen-bond acceptors (Lipinski definition) is 6. The molecule has 26 heavy (non-hydrogen) atoms. The number of aromatic nitrogens is 2. The van der Waals surface area contributed by atoms with Gasteiger partial charge in [-0.2, -0.15) is 0 Å². The second-order valence-corrected chi connectivity index (χ2v) is 5.50. The molecule has 0 saturated heterocycles. The van der Waals surface area contributed by atoms with Gasteiger partial charge in [0.25, 0.3) is 11.5 Å². The molecular weight excluding hydrogens is 336 g/mol. The predicted octanol–water partition coefficient (Wildman–Crippen LogP) is 1.65. The summed E-state index contributed by atoms with van der Waals surface area (Å²) in [4.78, 5) is 30.7. The van der Waals surface area contributed by atoms with Gasteiger partial charge >= 0.3 is 0 Å². The normalized spacial score (nSPS) is 10.5. The quantitative estimate of drug-likeness (QED) is 0.619. The lowest BCUT2D eigenvalue weighted by Gasteiger charge is -2.15. The van der Waals surface area contributed by atoms with Crippen molar-refractivity contribution in [2.75, 3.05) is 19.5 Å². The van der Waals surface area contributed by atoms with Crippen LogP contribution in [0.15, 0.2) is 41.3 Å². The summed E-state index contributed by atoms with van der Waals surface area (Å²) < 4.78 is 10.6. The van der Waals surface area contributed by atoms with Crippen molar-refractivity contribution in [1.82, 2.24) is 9.97 Å². The van der Waals surface area contributed by atoms with Crippen LogP contribution in [0.4, 0.5) is 5.69 Å². The minimum atomic E-state index is -0.818. The summed E-state index contributed by atoms with van der Waals surface area (Å²) in [5.74, 6) is 0.458. The van der Waals surface area contributed by atoms with E-state index in [0.29, 0.717) is 34.8 Å². The highest BCUT2D eigenvalue weighted by atomic mass is 16.5. The van der Waals surface area contributed by atoms with Crippen molar-refractivity contribution < 1.29 is 14.3 Å². The van der Waals surface area contributed by atoms with Gasteiger partial charge in [-0.3, -0.25) is 9.59 Å². The number of carbonyl (C=O) groups excluding carboxylic acids is 1. The molecule has 2 aromatic heterocycles. The molecule has 8 heteroatoms. The largest absolute Gasteiger partial charge is 0.497 e. The van der Waals surface area contributed by atoms with E-state index >= 15 is 0 Å². The third-order valence-corrected chi connectivity index (χ3v) is 3.98. The summed E-state index contributed by atoms with van der Waals surface area (Å²) in [5, 5.41) is 3.72. The van der Waals surface area contributed by atoms with Crippen LogP contribution in [0.2, 0.25) is 0 Å². The molecule has 1 amide bonds. The van der Waals surface area contributed by atoms with Crippen LogP contribution >= 0.6 is 0 Å². The standard InChI is InChI=1S/C18H18N4O4/c1-25-11-6-5-10(13(8-11)26-2)9-21-15-12-4-3-7-20-17(12)22-18(24)14(15)16(19)23/h3-8H,9H2,1-2H3,(H2,19,23)(H2,20,21,22,24). The Hall–Kier alpha value is -3.55. The number of aromatic amines is 1. The van der Waals surface area contributed by atoms with E-state index in [2.05, 4.69) is 15.3 Å². The molecule has 0 atom stereocenters. The summed E-state index contributed by atoms with van der Waals surface area (Å²) in [6, 6.07) is 8.85. The molecule has 0 saturated carbocycles. The van der Waals surface area contributed by atoms with Crippen LogP contribution in [0.3, 0.4) is 0 Å². The van der Waals surface area contributed by atoms with Gasteiger partial charge < -0.3 is 25.5 Å². The van der Waals surface area contributed by atoms with Gasteiger partial charge in [-0.05, 0) is 24.3 Å². The minimum Gasteiger partial charge on any atom is -0.497 e. The molecule has 2 heterocycles. The Morgan fingerprint density at radius 1 is 1.27 bits per heavy atom. The van der Waals surface area contributed by atoms with Gasteiger partial charge in [0.05, 0.1) is 19.9 Å². The third-order valence-electron chi connectivity index (χ3n) is 3.98. The first-order chi connectivity index (χ1) is 12.5. The van der Waals surface area contributed by atoms with E-state index in [1.54, 1.807) is 44.7 Å². The van der Waals surface area contributed by atoms with Crippen LogP contribution < -0.4 is 26.1 Å². The first-order valence-corrected chi connectivity index (χ1v) is 7.80. The SMILES string of the molecule is COc1ccc(CNc2c(C(N)=O)c(=O)[nH]c3ncccc23)c(OC)c1. The molecule has 0 spiro atoms. The minimum absolute atomic E-state index is 0.141. The lowest BCUT2D eigenvalue weighted by molar-refractivity contribution is 0.1000. The number of pyridine rings is 2. The number of benzene rings is 1. The Labute approximate surface area is 149 Å². The number of nitrogens with two attached hydrogens (primary N) is 1. The maximum Gasteiger partial charge on any atom is 0.264 e. The molecule has 134 valence electrons. The van der Waals surface area contributed by atoms with Gasteiger partial charge in [-0.25, -0.2) is 4.98 Å². The number of primary amides is 1. The number of anilines is 1. The first-order valence-electron chi connectivity index (χ1n) is 7.80. The first kappa shape index (κ1) is 17.3. The zero-order chi connectivity index (χ0) is 18.7. The number of carbonyl (C=O) groups is 1. The summed E-state index contributed by atoms with van der Waals surface area (Å²) in [6.07, 6.45) is 1.55. The molecule has 4 N–H and O–H groups in total. The number of fused-ring (bicyclic) bond motifs is 1. The van der Waals surface area contributed by atoms with Gasteiger partial charge in [0.15, 0.2) is 0 Å². The smallest absolute Gasteiger partial charge is 0.264 e. The summed E-state index contributed by atoms with van der Waals surface area (Å²) in [5.41, 5.74) is 6.20. The van der Waals surface area contributed by atoms with E-state index in [-0.39, 0.29) is 5.56 Å². The van der Waals surface area contributed by atoms with Gasteiger partial charge in [-0.15, -0.1) is 0 Å². The Morgan fingerprint density at radius 2 is 2.08 bits per heavy atom. The second-order valence-electron chi connectivity index (χ2n) is 5.50. The predicted molar refractivity (Wildman–Crippen MR) is 97.8 cm³/mol. The van der Waals surface area contributed by atoms with Gasteiger partial charge in [-0.1, -0.05) is 0 Å². The van der Waals surface area contributed by atoms with Crippen LogP contribution in [-0.2, 0) is 6.54 Å². The van der Waals surface area contributed by atoms with Crippen molar-refractivity contribution in [3.05, 3.63) is 58.0 Å². The molecule has 0 aliphatic carbocycles. The van der Waals surface area contributed by atoms with Crippen LogP contribution in [0.25, 0.3) is 11.0 Å². The second kappa shape index (κ2) is 7.14. The fourth-order valence-corrected chi connectivity index (χ4v) is 2.73. The summed E-state index contributed by atoms with van der Waals surface area (Å²) >= 11 is 0. The number of hydrogen-bond donors (Lipinski definition) is 3. The van der Waals surface area contributed by atoms with E-state index in [9.17, 15) is 9.59 Å². The Morgan fingerprint density at radius 3 is 2.77 bits per heavy atom. The van der Waals surface area contributed by atoms with Gasteiger partial charge in [0, 0.05) is 29.8 Å². The molecule has 0 bridgehead atoms. The molecule has 3 aromatic rings. The fourth-order valence-electron chi connectivity index (χ4n) is 2.73. The van der Waals surface area contributed by atoms with Crippen molar-refractivity contribution in [2.24, 2.45) is 5.73 Å². The Balaban J connectivity index is 2.05. The zero-order valence-electron chi connectivity index (χ0n) is 14.3. The zero-order valence-corrected chi connectivity index (χ0v) is 14.3. The Bertz CT molecular complexity index is 1030. The van der Waals surface area contributed by atoms with Crippen molar-refractivity contribution in [1.29, 1.82) is 0 Å². The number of nitrogens with one attached hydrogen (secondary N) is 2. The van der Waals surface area contributed by atoms with Crippen LogP contribution in [0, 0.1) is 0 Å². The number of nitrogens with zero attached hydrogens (tertiary/aromatic N) is 1. The number of amides is 1. The lowest BCUT2D eigenvalue weighted by atomic mass is 10.1. The highest BCUT2D eigenvalue weighted by Crippen LogP contribution is 2.27. The summed E-state index contributed by atoms with van der Waals surface area (Å²) in [7, 11) is 3.13. The molecule has 0 unspecified atom stereocenters. The fraction of sp³-hybridized carbons (Fsp3) is 0.167. The lowest BCUT2D eigenvalue weighted by Crippen LogP contribution is -2.26. The van der Waals surface area contributed by atoms with Gasteiger partial charge in [0.1, 0.15) is 22.7 Å². The van der Waals surface area contributed by atoms with Crippen LogP contribution in [0.5, 0.6) is 11.5 Å². The van der Waals surface area contributed by atoms with E-state index < -0.39 is 11.5 Å². The van der Waals surface area contributed by atoms with Crippen LogP contribution in [-0.4, -0.2) is 30.1 Å². The maximum absolute atomic E-state index is 12.2. The number of methoxy groups -OCH3 is 2. The van der Waals surface area contributed by atoms with Crippen molar-refractivity contribution in [3.8, 4) is 11.5 Å². The van der Waals surface area contributed by atoms with Crippen molar-refractivity contribution in [3.63, 3.8) is 0 Å². The number of ether oxygens (including phenoxy) is 2. The number of rotatable bonds is 6. The molecule has 0 radical (unpaired) electrons. The molecule has 0 aliphatic heterocycles. The highest BCUT2D eigenvalue weighted by Gasteiger charge is 2.18. The van der Waals surface area contributed by atoms with Crippen LogP contribution in [0.1, 0.15) is 15.9 Å². The molecule has 8 nitrogen and oxygen atoms in total. The molecule has 1 aromatic carbocycles. The molecular formula is C18H18N4O4. The Kier molecular flexibility index (Phi) is 4.74.